The maximum Gasteiger partial charge on any atom is 0.0601 e. The first-order valence-electron chi connectivity index (χ1n) is 6.99. The number of hydrogen-bond donors (Lipinski definition) is 0. The van der Waals surface area contributed by atoms with Crippen LogP contribution in [0.3, 0.4) is 0 Å². The zero-order chi connectivity index (χ0) is 13.9. The summed E-state index contributed by atoms with van der Waals surface area (Å²) in [6.07, 6.45) is 2.55. The first kappa shape index (κ1) is 16.6. The topological polar surface area (TPSA) is 3.24 Å². The molecule has 0 radical (unpaired) electrons. The van der Waals surface area contributed by atoms with Crippen LogP contribution in [0.4, 0.5) is 0 Å². The standard InChI is InChI=1S/C17H17Cl2N.ClH/c18-15-7-3-13(4-8-15)17(20-11-1-2-12-20)14-5-9-16(19)10-6-14;/h3-10,17H,1-2,11-12H2;1H. The normalized spacial score (nSPS) is 15.2. The Bertz CT molecular complexity index is 514. The van der Waals surface area contributed by atoms with Crippen LogP contribution in [0.2, 0.25) is 10.0 Å². The van der Waals surface area contributed by atoms with Gasteiger partial charge < -0.3 is 0 Å². The van der Waals surface area contributed by atoms with Crippen LogP contribution in [0.25, 0.3) is 0 Å². The highest BCUT2D eigenvalue weighted by Gasteiger charge is 2.24. The summed E-state index contributed by atoms with van der Waals surface area (Å²) in [6, 6.07) is 16.7. The molecule has 0 amide bonds. The lowest BCUT2D eigenvalue weighted by atomic mass is 9.97. The Labute approximate surface area is 142 Å². The molecule has 21 heavy (non-hydrogen) atoms. The number of halogens is 3. The molecule has 0 aromatic heterocycles. The monoisotopic (exact) mass is 341 g/mol. The Balaban J connectivity index is 0.00000161. The molecule has 0 spiro atoms. The Morgan fingerprint density at radius 3 is 1.48 bits per heavy atom. The Morgan fingerprint density at radius 2 is 1.10 bits per heavy atom. The molecule has 0 aliphatic carbocycles. The van der Waals surface area contributed by atoms with Gasteiger partial charge >= 0.3 is 0 Å². The molecule has 0 atom stereocenters. The second-order valence-corrected chi connectivity index (χ2v) is 6.12. The minimum Gasteiger partial charge on any atom is -0.292 e. The number of likely N-dealkylation sites (tertiary alicyclic amines) is 1. The molecule has 1 heterocycles. The van der Waals surface area contributed by atoms with E-state index in [4.69, 9.17) is 23.2 Å². The summed E-state index contributed by atoms with van der Waals surface area (Å²) in [5.41, 5.74) is 2.58. The van der Waals surface area contributed by atoms with E-state index in [9.17, 15) is 0 Å². The SMILES string of the molecule is Cl.Clc1ccc(C(c2ccc(Cl)cc2)N2CCCC2)cc1. The predicted molar refractivity (Wildman–Crippen MR) is 92.8 cm³/mol. The lowest BCUT2D eigenvalue weighted by Gasteiger charge is -2.28. The van der Waals surface area contributed by atoms with Crippen LogP contribution in [0, 0.1) is 0 Å². The summed E-state index contributed by atoms with van der Waals surface area (Å²) >= 11 is 12.0. The highest BCUT2D eigenvalue weighted by molar-refractivity contribution is 6.30. The zero-order valence-electron chi connectivity index (χ0n) is 11.6. The Hall–Kier alpha value is -0.730. The molecule has 3 rings (SSSR count). The van der Waals surface area contributed by atoms with Crippen molar-refractivity contribution in [3.05, 3.63) is 69.7 Å². The number of benzene rings is 2. The van der Waals surface area contributed by atoms with Crippen molar-refractivity contribution in [1.82, 2.24) is 4.90 Å². The number of nitrogens with zero attached hydrogens (tertiary/aromatic N) is 1. The van der Waals surface area contributed by atoms with E-state index in [1.54, 1.807) is 0 Å². The molecule has 1 aliphatic heterocycles. The summed E-state index contributed by atoms with van der Waals surface area (Å²) in [7, 11) is 0. The lowest BCUT2D eigenvalue weighted by Crippen LogP contribution is -2.26. The van der Waals surface area contributed by atoms with Crippen LogP contribution >= 0.6 is 35.6 Å². The van der Waals surface area contributed by atoms with E-state index >= 15 is 0 Å². The van der Waals surface area contributed by atoms with Crippen LogP contribution in [0.5, 0.6) is 0 Å². The second-order valence-electron chi connectivity index (χ2n) is 5.25. The maximum absolute atomic E-state index is 6.01. The zero-order valence-corrected chi connectivity index (χ0v) is 14.0. The molecule has 112 valence electrons. The average Bonchev–Trinajstić information content (AvgIpc) is 2.97. The van der Waals surface area contributed by atoms with Gasteiger partial charge in [0.1, 0.15) is 0 Å². The van der Waals surface area contributed by atoms with Gasteiger partial charge in [-0.1, -0.05) is 47.5 Å². The van der Waals surface area contributed by atoms with Gasteiger partial charge in [0.2, 0.25) is 0 Å². The van der Waals surface area contributed by atoms with E-state index in [1.807, 2.05) is 24.3 Å². The molecule has 0 bridgehead atoms. The second kappa shape index (κ2) is 7.51. The highest BCUT2D eigenvalue weighted by atomic mass is 35.5. The van der Waals surface area contributed by atoms with Crippen molar-refractivity contribution < 1.29 is 0 Å². The van der Waals surface area contributed by atoms with Crippen molar-refractivity contribution in [3.63, 3.8) is 0 Å². The smallest absolute Gasteiger partial charge is 0.0601 e. The molecule has 1 fully saturated rings. The number of rotatable bonds is 3. The molecule has 2 aromatic carbocycles. The summed E-state index contributed by atoms with van der Waals surface area (Å²) in [5.74, 6) is 0. The highest BCUT2D eigenvalue weighted by Crippen LogP contribution is 2.32. The average molecular weight is 343 g/mol. The van der Waals surface area contributed by atoms with Crippen molar-refractivity contribution >= 4 is 35.6 Å². The van der Waals surface area contributed by atoms with Gasteiger partial charge in [0.05, 0.1) is 6.04 Å². The van der Waals surface area contributed by atoms with E-state index in [1.165, 1.54) is 24.0 Å². The van der Waals surface area contributed by atoms with Crippen LogP contribution in [0.1, 0.15) is 30.0 Å². The van der Waals surface area contributed by atoms with Crippen molar-refractivity contribution in [1.29, 1.82) is 0 Å². The van der Waals surface area contributed by atoms with Crippen molar-refractivity contribution in [2.45, 2.75) is 18.9 Å². The third-order valence-corrected chi connectivity index (χ3v) is 4.38. The van der Waals surface area contributed by atoms with Gasteiger partial charge in [-0.3, -0.25) is 4.90 Å². The Kier molecular flexibility index (Phi) is 5.95. The molecule has 1 saturated heterocycles. The van der Waals surface area contributed by atoms with Crippen LogP contribution in [-0.2, 0) is 0 Å². The first-order valence-corrected chi connectivity index (χ1v) is 7.74. The van der Waals surface area contributed by atoms with E-state index in [0.717, 1.165) is 23.1 Å². The largest absolute Gasteiger partial charge is 0.292 e. The molecule has 4 heteroatoms. The van der Waals surface area contributed by atoms with Crippen molar-refractivity contribution in [2.75, 3.05) is 13.1 Å². The Morgan fingerprint density at radius 1 is 0.714 bits per heavy atom. The van der Waals surface area contributed by atoms with Crippen LogP contribution < -0.4 is 0 Å². The van der Waals surface area contributed by atoms with Crippen molar-refractivity contribution in [3.8, 4) is 0 Å². The molecule has 1 nitrogen and oxygen atoms in total. The minimum absolute atomic E-state index is 0. The summed E-state index contributed by atoms with van der Waals surface area (Å²) in [5, 5.41) is 1.56. The van der Waals surface area contributed by atoms with Gasteiger partial charge in [-0.15, -0.1) is 12.4 Å². The molecule has 2 aromatic rings. The summed E-state index contributed by atoms with van der Waals surface area (Å²) in [6.45, 7) is 2.30. The van der Waals surface area contributed by atoms with Crippen LogP contribution in [0.15, 0.2) is 48.5 Å². The van der Waals surface area contributed by atoms with Gasteiger partial charge in [0.15, 0.2) is 0 Å². The van der Waals surface area contributed by atoms with E-state index in [-0.39, 0.29) is 12.4 Å². The third kappa shape index (κ3) is 3.92. The molecule has 0 N–H and O–H groups in total. The van der Waals surface area contributed by atoms with Crippen molar-refractivity contribution in [2.24, 2.45) is 0 Å². The van der Waals surface area contributed by atoms with Gasteiger partial charge in [-0.05, 0) is 61.3 Å². The fraction of sp³-hybridized carbons (Fsp3) is 0.294. The van der Waals surface area contributed by atoms with E-state index < -0.39 is 0 Å². The molecule has 1 aliphatic rings. The fourth-order valence-electron chi connectivity index (χ4n) is 2.90. The molecular formula is C17H18Cl3N. The van der Waals surface area contributed by atoms with Gasteiger partial charge in [0, 0.05) is 10.0 Å². The van der Waals surface area contributed by atoms with Gasteiger partial charge in [-0.25, -0.2) is 0 Å². The molecule has 0 unspecified atom stereocenters. The van der Waals surface area contributed by atoms with E-state index in [2.05, 4.69) is 29.2 Å². The van der Waals surface area contributed by atoms with Gasteiger partial charge in [0.25, 0.3) is 0 Å². The first-order chi connectivity index (χ1) is 9.74. The summed E-state index contributed by atoms with van der Waals surface area (Å²) < 4.78 is 0. The third-order valence-electron chi connectivity index (χ3n) is 3.88. The maximum atomic E-state index is 6.01. The predicted octanol–water partition coefficient (Wildman–Crippen LogP) is 5.60. The molecule has 0 saturated carbocycles. The summed E-state index contributed by atoms with van der Waals surface area (Å²) in [4.78, 5) is 2.53. The molecular weight excluding hydrogens is 325 g/mol. The fourth-order valence-corrected chi connectivity index (χ4v) is 3.16. The van der Waals surface area contributed by atoms with E-state index in [0.29, 0.717) is 6.04 Å². The quantitative estimate of drug-likeness (QED) is 0.701. The van der Waals surface area contributed by atoms with Gasteiger partial charge in [-0.2, -0.15) is 0 Å². The van der Waals surface area contributed by atoms with Crippen LogP contribution in [-0.4, -0.2) is 18.0 Å². The number of hydrogen-bond acceptors (Lipinski definition) is 1. The lowest BCUT2D eigenvalue weighted by molar-refractivity contribution is 0.281. The minimum atomic E-state index is 0.